The minimum atomic E-state index is -0.424. The molecule has 0 heterocycles. The van der Waals surface area contributed by atoms with Gasteiger partial charge in [0.05, 0.1) is 12.0 Å². The van der Waals surface area contributed by atoms with Crippen molar-refractivity contribution in [2.24, 2.45) is 35.0 Å². The van der Waals surface area contributed by atoms with Gasteiger partial charge in [0.15, 0.2) is 5.78 Å². The third-order valence-corrected chi connectivity index (χ3v) is 7.39. The first-order chi connectivity index (χ1) is 10.6. The lowest BCUT2D eigenvalue weighted by Crippen LogP contribution is -2.50. The SMILES string of the molecule is C[C@H]1C[C@@H]2[C@H](CC[C@]3(CO)C(=O)CC[C@@H]23)[C@H]2CCC(=O)C=C12. The monoisotopic (exact) mass is 302 g/mol. The molecule has 3 nitrogen and oxygen atoms in total. The Morgan fingerprint density at radius 2 is 2.00 bits per heavy atom. The Bertz CT molecular complexity index is 549. The van der Waals surface area contributed by atoms with Crippen molar-refractivity contribution in [1.82, 2.24) is 0 Å². The summed E-state index contributed by atoms with van der Waals surface area (Å²) in [4.78, 5) is 24.2. The molecule has 0 amide bonds. The van der Waals surface area contributed by atoms with Gasteiger partial charge in [-0.25, -0.2) is 0 Å². The topological polar surface area (TPSA) is 54.4 Å². The number of ketones is 2. The zero-order chi connectivity index (χ0) is 15.5. The van der Waals surface area contributed by atoms with Gasteiger partial charge in [0.25, 0.3) is 0 Å². The summed E-state index contributed by atoms with van der Waals surface area (Å²) >= 11 is 0. The minimum absolute atomic E-state index is 0.0416. The Kier molecular flexibility index (Phi) is 3.34. The van der Waals surface area contributed by atoms with E-state index in [1.165, 1.54) is 5.57 Å². The van der Waals surface area contributed by atoms with Crippen molar-refractivity contribution >= 4 is 11.6 Å². The average molecular weight is 302 g/mol. The summed E-state index contributed by atoms with van der Waals surface area (Å²) in [5.74, 6) is 3.20. The Morgan fingerprint density at radius 3 is 2.77 bits per heavy atom. The lowest BCUT2D eigenvalue weighted by molar-refractivity contribution is -0.137. The first kappa shape index (κ1) is 14.6. The second kappa shape index (κ2) is 5.02. The summed E-state index contributed by atoms with van der Waals surface area (Å²) in [5, 5.41) is 9.97. The summed E-state index contributed by atoms with van der Waals surface area (Å²) < 4.78 is 0. The number of carbonyl (C=O) groups excluding carboxylic acids is 2. The van der Waals surface area contributed by atoms with Crippen molar-refractivity contribution in [3.8, 4) is 0 Å². The molecule has 3 saturated carbocycles. The quantitative estimate of drug-likeness (QED) is 0.810. The molecule has 0 aromatic heterocycles. The van der Waals surface area contributed by atoms with Gasteiger partial charge in [0.1, 0.15) is 5.78 Å². The summed E-state index contributed by atoms with van der Waals surface area (Å²) in [6.45, 7) is 2.29. The summed E-state index contributed by atoms with van der Waals surface area (Å²) in [6.07, 6.45) is 8.27. The highest BCUT2D eigenvalue weighted by atomic mass is 16.3. The molecule has 0 bridgehead atoms. The smallest absolute Gasteiger partial charge is 0.155 e. The molecule has 4 rings (SSSR count). The predicted octanol–water partition coefficient (Wildman–Crippen LogP) is 2.92. The summed E-state index contributed by atoms with van der Waals surface area (Å²) in [7, 11) is 0. The third-order valence-electron chi connectivity index (χ3n) is 7.39. The van der Waals surface area contributed by atoms with Crippen LogP contribution in [-0.2, 0) is 9.59 Å². The van der Waals surface area contributed by atoms with Crippen LogP contribution in [0.15, 0.2) is 11.6 Å². The van der Waals surface area contributed by atoms with E-state index in [-0.39, 0.29) is 6.61 Å². The number of aliphatic hydroxyl groups is 1. The largest absolute Gasteiger partial charge is 0.395 e. The van der Waals surface area contributed by atoms with Gasteiger partial charge in [-0.3, -0.25) is 9.59 Å². The van der Waals surface area contributed by atoms with Crippen LogP contribution in [0.1, 0.15) is 51.9 Å². The molecule has 120 valence electrons. The minimum Gasteiger partial charge on any atom is -0.395 e. The lowest BCUT2D eigenvalue weighted by Gasteiger charge is -2.54. The van der Waals surface area contributed by atoms with Gasteiger partial charge in [-0.2, -0.15) is 0 Å². The molecule has 6 atom stereocenters. The van der Waals surface area contributed by atoms with Crippen LogP contribution in [0.25, 0.3) is 0 Å². The Hall–Kier alpha value is -0.960. The normalized spacial score (nSPS) is 47.5. The van der Waals surface area contributed by atoms with Crippen molar-refractivity contribution in [2.75, 3.05) is 6.61 Å². The van der Waals surface area contributed by atoms with Gasteiger partial charge in [0, 0.05) is 12.8 Å². The molecule has 0 spiro atoms. The molecule has 3 heteroatoms. The number of hydrogen-bond donors (Lipinski definition) is 1. The number of aliphatic hydroxyl groups excluding tert-OH is 1. The number of fused-ring (bicyclic) bond motifs is 5. The van der Waals surface area contributed by atoms with Crippen LogP contribution in [0.2, 0.25) is 0 Å². The van der Waals surface area contributed by atoms with Gasteiger partial charge < -0.3 is 5.11 Å². The molecule has 4 aliphatic carbocycles. The highest BCUT2D eigenvalue weighted by Crippen LogP contribution is 2.61. The molecule has 0 radical (unpaired) electrons. The number of carbonyl (C=O) groups is 2. The lowest BCUT2D eigenvalue weighted by atomic mass is 9.50. The van der Waals surface area contributed by atoms with Crippen LogP contribution in [0, 0.1) is 35.0 Å². The number of rotatable bonds is 1. The second-order valence-corrected chi connectivity index (χ2v) is 8.14. The maximum absolute atomic E-state index is 12.4. The zero-order valence-corrected chi connectivity index (χ0v) is 13.4. The maximum atomic E-state index is 12.4. The van der Waals surface area contributed by atoms with Crippen LogP contribution < -0.4 is 0 Å². The number of allylic oxidation sites excluding steroid dienone is 1. The van der Waals surface area contributed by atoms with Crippen molar-refractivity contribution in [3.05, 3.63) is 11.6 Å². The fraction of sp³-hybridized carbons (Fsp3) is 0.789. The Labute approximate surface area is 132 Å². The molecule has 0 aromatic rings. The zero-order valence-electron chi connectivity index (χ0n) is 13.4. The Morgan fingerprint density at radius 1 is 1.18 bits per heavy atom. The Balaban J connectivity index is 1.69. The van der Waals surface area contributed by atoms with E-state index in [4.69, 9.17) is 0 Å². The van der Waals surface area contributed by atoms with Crippen LogP contribution >= 0.6 is 0 Å². The van der Waals surface area contributed by atoms with Crippen LogP contribution in [0.4, 0.5) is 0 Å². The molecule has 22 heavy (non-hydrogen) atoms. The fourth-order valence-electron chi connectivity index (χ4n) is 6.37. The van der Waals surface area contributed by atoms with E-state index >= 15 is 0 Å². The van der Waals surface area contributed by atoms with E-state index in [9.17, 15) is 14.7 Å². The van der Waals surface area contributed by atoms with E-state index < -0.39 is 5.41 Å². The van der Waals surface area contributed by atoms with Crippen LogP contribution in [-0.4, -0.2) is 23.3 Å². The van der Waals surface area contributed by atoms with Gasteiger partial charge >= 0.3 is 0 Å². The van der Waals surface area contributed by atoms with Crippen LogP contribution in [0.5, 0.6) is 0 Å². The number of Topliss-reactive ketones (excluding diaryl/α,β-unsaturated/α-hetero) is 1. The molecule has 4 aliphatic rings. The van der Waals surface area contributed by atoms with Crippen LogP contribution in [0.3, 0.4) is 0 Å². The molecule has 0 unspecified atom stereocenters. The van der Waals surface area contributed by atoms with Crippen molar-refractivity contribution < 1.29 is 14.7 Å². The van der Waals surface area contributed by atoms with Crippen molar-refractivity contribution in [3.63, 3.8) is 0 Å². The molecule has 0 aromatic carbocycles. The second-order valence-electron chi connectivity index (χ2n) is 8.14. The van der Waals surface area contributed by atoms with Gasteiger partial charge in [-0.15, -0.1) is 0 Å². The first-order valence-corrected chi connectivity index (χ1v) is 8.95. The highest BCUT2D eigenvalue weighted by Gasteiger charge is 2.58. The first-order valence-electron chi connectivity index (χ1n) is 8.95. The van der Waals surface area contributed by atoms with Gasteiger partial charge in [-0.05, 0) is 67.8 Å². The maximum Gasteiger partial charge on any atom is 0.155 e. The van der Waals surface area contributed by atoms with E-state index in [2.05, 4.69) is 6.92 Å². The molecule has 0 saturated heterocycles. The molecule has 3 fully saturated rings. The van der Waals surface area contributed by atoms with E-state index in [0.29, 0.717) is 54.0 Å². The molecular weight excluding hydrogens is 276 g/mol. The van der Waals surface area contributed by atoms with Gasteiger partial charge in [0.2, 0.25) is 0 Å². The molecular formula is C19H26O3. The fourth-order valence-corrected chi connectivity index (χ4v) is 6.37. The standard InChI is InChI=1S/C19H26O3/c1-11-8-16-14(13-3-2-12(21)9-15(11)13)6-7-19(10-20)17(16)4-5-18(19)22/h9,11,13-14,16-17,20H,2-8,10H2,1H3/t11-,13+,14+,16+,17-,19+/m0/s1. The number of hydrogen-bond acceptors (Lipinski definition) is 3. The van der Waals surface area contributed by atoms with Crippen molar-refractivity contribution in [2.45, 2.75) is 51.9 Å². The van der Waals surface area contributed by atoms with E-state index in [1.54, 1.807) is 0 Å². The third kappa shape index (κ3) is 1.84. The molecule has 1 N–H and O–H groups in total. The molecule has 0 aliphatic heterocycles. The van der Waals surface area contributed by atoms with E-state index in [1.807, 2.05) is 6.08 Å². The van der Waals surface area contributed by atoms with E-state index in [0.717, 1.165) is 32.1 Å². The highest BCUT2D eigenvalue weighted by molar-refractivity contribution is 5.91. The van der Waals surface area contributed by atoms with Crippen molar-refractivity contribution in [1.29, 1.82) is 0 Å². The average Bonchev–Trinajstić information content (AvgIpc) is 2.85. The predicted molar refractivity (Wildman–Crippen MR) is 83.1 cm³/mol. The summed E-state index contributed by atoms with van der Waals surface area (Å²) in [6, 6.07) is 0. The summed E-state index contributed by atoms with van der Waals surface area (Å²) in [5.41, 5.74) is 0.963. The van der Waals surface area contributed by atoms with Gasteiger partial charge in [-0.1, -0.05) is 12.5 Å².